The van der Waals surface area contributed by atoms with Crippen molar-refractivity contribution < 1.29 is 18.4 Å². The summed E-state index contributed by atoms with van der Waals surface area (Å²) < 4.78 is 27.9. The monoisotopic (exact) mass is 503 g/mol. The van der Waals surface area contributed by atoms with Gasteiger partial charge in [0.05, 0.1) is 11.2 Å². The number of rotatable bonds is 4. The van der Waals surface area contributed by atoms with E-state index in [0.29, 0.717) is 30.9 Å². The predicted molar refractivity (Wildman–Crippen MR) is 120 cm³/mol. The molecule has 5 nitrogen and oxygen atoms in total. The van der Waals surface area contributed by atoms with Crippen LogP contribution < -0.4 is 0 Å². The Morgan fingerprint density at radius 2 is 1.66 bits per heavy atom. The summed E-state index contributed by atoms with van der Waals surface area (Å²) in [7, 11) is 3.36. The van der Waals surface area contributed by atoms with Crippen LogP contribution >= 0.6 is 34.8 Å². The molecule has 32 heavy (non-hydrogen) atoms. The minimum atomic E-state index is -2.79. The van der Waals surface area contributed by atoms with Crippen molar-refractivity contribution in [2.75, 3.05) is 20.6 Å². The molecule has 0 atom stereocenters. The van der Waals surface area contributed by atoms with E-state index in [0.717, 1.165) is 5.56 Å². The molecular weight excluding hydrogens is 483 g/mol. The number of carbonyl (C=O) groups excluding carboxylic acids is 2. The van der Waals surface area contributed by atoms with Crippen LogP contribution in [0.15, 0.2) is 36.4 Å². The quantitative estimate of drug-likeness (QED) is 0.440. The summed E-state index contributed by atoms with van der Waals surface area (Å²) in [6, 6.07) is 10.4. The molecule has 0 radical (unpaired) electrons. The SMILES string of the molecule is CN(C)C(=O)c1ccc(CN2CCn3c(C(=O)C(Cl)(Cl)Cl)ccc3C23CC(F)(F)C3)cc1. The Hall–Kier alpha value is -1.67. The van der Waals surface area contributed by atoms with Gasteiger partial charge in [-0.05, 0) is 29.8 Å². The molecule has 1 aliphatic carbocycles. The van der Waals surface area contributed by atoms with E-state index in [-0.39, 0.29) is 24.4 Å². The molecule has 1 aromatic heterocycles. The van der Waals surface area contributed by atoms with Crippen LogP contribution in [0.4, 0.5) is 8.78 Å². The van der Waals surface area contributed by atoms with Crippen molar-refractivity contribution in [2.24, 2.45) is 0 Å². The molecule has 10 heteroatoms. The number of benzene rings is 1. The highest BCUT2D eigenvalue weighted by molar-refractivity contribution is 6.77. The molecule has 1 aromatic carbocycles. The summed E-state index contributed by atoms with van der Waals surface area (Å²) in [4.78, 5) is 28.2. The van der Waals surface area contributed by atoms with Gasteiger partial charge < -0.3 is 9.47 Å². The molecule has 0 bridgehead atoms. The average molecular weight is 505 g/mol. The van der Waals surface area contributed by atoms with E-state index in [1.54, 1.807) is 42.9 Å². The molecule has 2 aromatic rings. The average Bonchev–Trinajstić information content (AvgIpc) is 3.12. The van der Waals surface area contributed by atoms with E-state index >= 15 is 0 Å². The van der Waals surface area contributed by atoms with Crippen molar-refractivity contribution in [3.8, 4) is 0 Å². The second kappa shape index (κ2) is 7.97. The fourth-order valence-corrected chi connectivity index (χ4v) is 5.02. The van der Waals surface area contributed by atoms with Crippen LogP contribution in [0.3, 0.4) is 0 Å². The summed E-state index contributed by atoms with van der Waals surface area (Å²) >= 11 is 17.3. The molecule has 1 aliphatic heterocycles. The number of carbonyl (C=O) groups is 2. The second-order valence-electron chi connectivity index (χ2n) is 8.64. The van der Waals surface area contributed by atoms with E-state index < -0.39 is 21.0 Å². The maximum Gasteiger partial charge on any atom is 0.255 e. The Kier molecular flexibility index (Phi) is 5.85. The lowest BCUT2D eigenvalue weighted by molar-refractivity contribution is -0.192. The predicted octanol–water partition coefficient (Wildman–Crippen LogP) is 4.88. The lowest BCUT2D eigenvalue weighted by Gasteiger charge is -2.56. The van der Waals surface area contributed by atoms with Gasteiger partial charge in [0.1, 0.15) is 0 Å². The van der Waals surface area contributed by atoms with Crippen molar-refractivity contribution >= 4 is 46.5 Å². The number of fused-ring (bicyclic) bond motifs is 2. The third-order valence-electron chi connectivity index (χ3n) is 6.23. The van der Waals surface area contributed by atoms with E-state index in [1.807, 2.05) is 17.0 Å². The van der Waals surface area contributed by atoms with Gasteiger partial charge in [0.25, 0.3) is 15.6 Å². The van der Waals surface area contributed by atoms with Crippen LogP contribution in [0.25, 0.3) is 0 Å². The van der Waals surface area contributed by atoms with E-state index in [1.165, 1.54) is 4.90 Å². The number of ketones is 1. The zero-order valence-corrected chi connectivity index (χ0v) is 19.8. The molecule has 0 saturated heterocycles. The van der Waals surface area contributed by atoms with E-state index in [4.69, 9.17) is 34.8 Å². The maximum absolute atomic E-state index is 14.1. The maximum atomic E-state index is 14.1. The Bertz CT molecular complexity index is 1050. The van der Waals surface area contributed by atoms with Gasteiger partial charge in [-0.25, -0.2) is 8.78 Å². The summed E-state index contributed by atoms with van der Waals surface area (Å²) in [6.45, 7) is 1.30. The van der Waals surface area contributed by atoms with Crippen LogP contribution in [-0.4, -0.2) is 56.4 Å². The molecule has 1 saturated carbocycles. The van der Waals surface area contributed by atoms with Crippen molar-refractivity contribution in [1.29, 1.82) is 0 Å². The number of alkyl halides is 5. The Balaban J connectivity index is 1.63. The topological polar surface area (TPSA) is 45.6 Å². The Labute approximate surface area is 199 Å². The van der Waals surface area contributed by atoms with Gasteiger partial charge in [-0.15, -0.1) is 0 Å². The summed E-state index contributed by atoms with van der Waals surface area (Å²) in [5.74, 6) is -3.57. The van der Waals surface area contributed by atoms with Crippen molar-refractivity contribution in [1.82, 2.24) is 14.4 Å². The smallest absolute Gasteiger partial charge is 0.255 e. The number of amides is 1. The molecule has 2 heterocycles. The number of nitrogens with zero attached hydrogens (tertiary/aromatic N) is 3. The van der Waals surface area contributed by atoms with Gasteiger partial charge in [-0.2, -0.15) is 0 Å². The highest BCUT2D eigenvalue weighted by Gasteiger charge is 2.62. The molecular formula is C22H22Cl3F2N3O2. The largest absolute Gasteiger partial charge is 0.345 e. The zero-order valence-electron chi connectivity index (χ0n) is 17.5. The first-order valence-electron chi connectivity index (χ1n) is 10.1. The van der Waals surface area contributed by atoms with Gasteiger partial charge in [-0.3, -0.25) is 14.5 Å². The molecule has 4 rings (SSSR count). The lowest BCUT2D eigenvalue weighted by atomic mass is 9.68. The first kappa shape index (κ1) is 23.5. The minimum absolute atomic E-state index is 0.103. The van der Waals surface area contributed by atoms with Crippen LogP contribution in [0.5, 0.6) is 0 Å². The molecule has 1 amide bonds. The standard InChI is InChI=1S/C22H22Cl3F2N3O2/c1-28(2)19(32)15-5-3-14(4-6-15)11-29-9-10-30-16(18(31)22(23,24)25)7-8-17(30)20(29)12-21(26,27)13-20/h3-8H,9-13H2,1-2H3. The van der Waals surface area contributed by atoms with Gasteiger partial charge >= 0.3 is 0 Å². The summed E-state index contributed by atoms with van der Waals surface area (Å²) in [5.41, 5.74) is 1.40. The first-order chi connectivity index (χ1) is 14.8. The van der Waals surface area contributed by atoms with Gasteiger partial charge in [0, 0.05) is 57.8 Å². The van der Waals surface area contributed by atoms with E-state index in [2.05, 4.69) is 0 Å². The van der Waals surface area contributed by atoms with Crippen LogP contribution in [0.1, 0.15) is 44.9 Å². The Morgan fingerprint density at radius 1 is 1.03 bits per heavy atom. The van der Waals surface area contributed by atoms with Crippen LogP contribution in [-0.2, 0) is 18.6 Å². The van der Waals surface area contributed by atoms with Crippen molar-refractivity contribution in [3.05, 3.63) is 58.9 Å². The third kappa shape index (κ3) is 4.04. The first-order valence-corrected chi connectivity index (χ1v) is 11.2. The van der Waals surface area contributed by atoms with Crippen molar-refractivity contribution in [3.63, 3.8) is 0 Å². The Morgan fingerprint density at radius 3 is 2.19 bits per heavy atom. The zero-order chi connectivity index (χ0) is 23.5. The number of halogens is 5. The molecule has 0 N–H and O–H groups in total. The highest BCUT2D eigenvalue weighted by atomic mass is 35.6. The molecule has 1 spiro atoms. The molecule has 1 fully saturated rings. The number of aromatic nitrogens is 1. The fourth-order valence-electron chi connectivity index (χ4n) is 4.73. The number of hydrogen-bond donors (Lipinski definition) is 0. The van der Waals surface area contributed by atoms with Gasteiger partial charge in [0.2, 0.25) is 5.78 Å². The minimum Gasteiger partial charge on any atom is -0.345 e. The van der Waals surface area contributed by atoms with Gasteiger partial charge in [-0.1, -0.05) is 46.9 Å². The third-order valence-corrected chi connectivity index (χ3v) is 6.74. The second-order valence-corrected chi connectivity index (χ2v) is 10.9. The van der Waals surface area contributed by atoms with Crippen LogP contribution in [0, 0.1) is 0 Å². The fraction of sp³-hybridized carbons (Fsp3) is 0.455. The highest BCUT2D eigenvalue weighted by Crippen LogP contribution is 2.57. The van der Waals surface area contributed by atoms with Gasteiger partial charge in [0.15, 0.2) is 0 Å². The van der Waals surface area contributed by atoms with E-state index in [9.17, 15) is 18.4 Å². The molecule has 2 aliphatic rings. The molecule has 0 unspecified atom stereocenters. The van der Waals surface area contributed by atoms with Crippen molar-refractivity contribution in [2.45, 2.75) is 41.2 Å². The molecule has 172 valence electrons. The summed E-state index contributed by atoms with van der Waals surface area (Å²) in [6.07, 6.45) is -0.689. The normalized spacial score (nSPS) is 19.3. The lowest BCUT2D eigenvalue weighted by Crippen LogP contribution is -2.63. The van der Waals surface area contributed by atoms with Crippen LogP contribution in [0.2, 0.25) is 0 Å². The number of hydrogen-bond acceptors (Lipinski definition) is 3. The number of Topliss-reactive ketones (excluding diaryl/α,β-unsaturated/α-hetero) is 1. The summed E-state index contributed by atoms with van der Waals surface area (Å²) in [5, 5.41) is 0.